The molecule has 0 aromatic rings. The number of hydrogen-bond donors (Lipinski definition) is 1. The van der Waals surface area contributed by atoms with Gasteiger partial charge < -0.3 is 5.32 Å². The summed E-state index contributed by atoms with van der Waals surface area (Å²) in [5.41, 5.74) is 0. The topological polar surface area (TPSA) is 63.2 Å². The van der Waals surface area contributed by atoms with E-state index in [1.807, 2.05) is 0 Å². The number of rotatable bonds is 1. The molecule has 0 bridgehead atoms. The molecule has 3 atom stereocenters. The molecule has 2 fully saturated rings. The molecule has 0 radical (unpaired) electrons. The maximum Gasteiger partial charge on any atom is 0.159 e. The monoisotopic (exact) mass is 231 g/mol. The van der Waals surface area contributed by atoms with Gasteiger partial charge in [-0.25, -0.2) is 8.42 Å². The summed E-state index contributed by atoms with van der Waals surface area (Å²) < 4.78 is 23.6. The molecular formula is C10H17NO3S. The minimum absolute atomic E-state index is 0.0255. The summed E-state index contributed by atoms with van der Waals surface area (Å²) in [4.78, 5) is 11.4. The fraction of sp³-hybridized carbons (Fsp3) is 0.900. The zero-order chi connectivity index (χ0) is 11.4. The predicted octanol–water partition coefficient (Wildman–Crippen LogP) is 0.129. The van der Waals surface area contributed by atoms with Crippen molar-refractivity contribution in [2.24, 2.45) is 5.92 Å². The van der Waals surface area contributed by atoms with E-state index in [2.05, 4.69) is 5.32 Å². The maximum atomic E-state index is 12.1. The normalized spacial score (nSPS) is 41.4. The van der Waals surface area contributed by atoms with Crippen LogP contribution in [0.25, 0.3) is 0 Å². The molecule has 0 aromatic heterocycles. The Morgan fingerprint density at radius 3 is 2.53 bits per heavy atom. The Kier molecular flexibility index (Phi) is 2.25. The number of hydrogen-bond acceptors (Lipinski definition) is 4. The molecule has 2 rings (SSSR count). The molecule has 86 valence electrons. The standard InChI is InChI=1S/C10H17NO3S/c1-6(12)9-7-4-10(2,3)15(13,14)8(7)5-11-9/h7-9,11H,4-5H2,1-3H3/t7?,8?,9-/m1/s1. The van der Waals surface area contributed by atoms with Gasteiger partial charge in [0.2, 0.25) is 0 Å². The highest BCUT2D eigenvalue weighted by Crippen LogP contribution is 2.44. The molecule has 2 aliphatic heterocycles. The third-order valence-electron chi connectivity index (χ3n) is 3.78. The average molecular weight is 231 g/mol. The Bertz CT molecular complexity index is 399. The van der Waals surface area contributed by atoms with Gasteiger partial charge in [-0.15, -0.1) is 0 Å². The second-order valence-electron chi connectivity index (χ2n) is 5.21. The molecule has 0 amide bonds. The summed E-state index contributed by atoms with van der Waals surface area (Å²) in [5, 5.41) is 2.66. The fourth-order valence-corrected chi connectivity index (χ4v) is 5.16. The van der Waals surface area contributed by atoms with Gasteiger partial charge in [0.25, 0.3) is 0 Å². The summed E-state index contributed by atoms with van der Waals surface area (Å²) in [6.07, 6.45) is 0.594. The van der Waals surface area contributed by atoms with Gasteiger partial charge in [-0.1, -0.05) is 0 Å². The summed E-state index contributed by atoms with van der Waals surface area (Å²) in [6.45, 7) is 5.48. The van der Waals surface area contributed by atoms with Crippen LogP contribution in [0.1, 0.15) is 27.2 Å². The van der Waals surface area contributed by atoms with Crippen LogP contribution in [0.2, 0.25) is 0 Å². The fourth-order valence-electron chi connectivity index (χ4n) is 2.89. The zero-order valence-corrected chi connectivity index (χ0v) is 10.1. The summed E-state index contributed by atoms with van der Waals surface area (Å²) in [7, 11) is -3.08. The molecule has 5 heteroatoms. The highest BCUT2D eigenvalue weighted by Gasteiger charge is 2.58. The van der Waals surface area contributed by atoms with Crippen LogP contribution in [-0.2, 0) is 14.6 Å². The van der Waals surface area contributed by atoms with Gasteiger partial charge in [-0.05, 0) is 27.2 Å². The van der Waals surface area contributed by atoms with E-state index in [-0.39, 0.29) is 23.0 Å². The van der Waals surface area contributed by atoms with Crippen LogP contribution in [0.15, 0.2) is 0 Å². The number of carbonyl (C=O) groups excluding carboxylic acids is 1. The Labute approximate surface area is 90.3 Å². The number of ketones is 1. The largest absolute Gasteiger partial charge is 0.306 e. The minimum Gasteiger partial charge on any atom is -0.306 e. The van der Waals surface area contributed by atoms with Crippen molar-refractivity contribution in [2.45, 2.75) is 43.2 Å². The van der Waals surface area contributed by atoms with E-state index in [0.29, 0.717) is 13.0 Å². The number of sulfone groups is 1. The first-order valence-electron chi connectivity index (χ1n) is 5.24. The van der Waals surface area contributed by atoms with Gasteiger partial charge in [0.1, 0.15) is 5.78 Å². The van der Waals surface area contributed by atoms with Crippen LogP contribution < -0.4 is 5.32 Å². The Morgan fingerprint density at radius 2 is 2.00 bits per heavy atom. The smallest absolute Gasteiger partial charge is 0.159 e. The van der Waals surface area contributed by atoms with Gasteiger partial charge in [0.05, 0.1) is 16.0 Å². The lowest BCUT2D eigenvalue weighted by molar-refractivity contribution is -0.119. The van der Waals surface area contributed by atoms with E-state index in [1.165, 1.54) is 6.92 Å². The van der Waals surface area contributed by atoms with Gasteiger partial charge in [0, 0.05) is 12.5 Å². The lowest BCUT2D eigenvalue weighted by atomic mass is 9.89. The van der Waals surface area contributed by atoms with Crippen molar-refractivity contribution in [1.82, 2.24) is 5.32 Å². The number of fused-ring (bicyclic) bond motifs is 1. The summed E-state index contributed by atoms with van der Waals surface area (Å²) >= 11 is 0. The van der Waals surface area contributed by atoms with Crippen LogP contribution in [0.3, 0.4) is 0 Å². The van der Waals surface area contributed by atoms with Crippen LogP contribution in [0, 0.1) is 5.92 Å². The van der Waals surface area contributed by atoms with Crippen molar-refractivity contribution >= 4 is 15.6 Å². The van der Waals surface area contributed by atoms with Crippen LogP contribution in [0.5, 0.6) is 0 Å². The molecular weight excluding hydrogens is 214 g/mol. The SMILES string of the molecule is CC(=O)[C@H]1NCC2C1CC(C)(C)S2(=O)=O. The highest BCUT2D eigenvalue weighted by molar-refractivity contribution is 7.93. The van der Waals surface area contributed by atoms with Crippen LogP contribution in [0.4, 0.5) is 0 Å². The molecule has 0 spiro atoms. The Morgan fingerprint density at radius 1 is 1.40 bits per heavy atom. The molecule has 2 unspecified atom stereocenters. The van der Waals surface area contributed by atoms with Gasteiger partial charge >= 0.3 is 0 Å². The molecule has 2 aliphatic rings. The quantitative estimate of drug-likeness (QED) is 0.696. The second-order valence-corrected chi connectivity index (χ2v) is 8.01. The number of Topliss-reactive ketones (excluding diaryl/α,β-unsaturated/α-hetero) is 1. The van der Waals surface area contributed by atoms with Crippen molar-refractivity contribution in [3.63, 3.8) is 0 Å². The molecule has 2 saturated heterocycles. The first-order chi connectivity index (χ1) is 6.77. The van der Waals surface area contributed by atoms with Crippen molar-refractivity contribution in [2.75, 3.05) is 6.54 Å². The van der Waals surface area contributed by atoms with E-state index in [4.69, 9.17) is 0 Å². The van der Waals surface area contributed by atoms with Crippen molar-refractivity contribution in [3.05, 3.63) is 0 Å². The van der Waals surface area contributed by atoms with E-state index >= 15 is 0 Å². The number of carbonyl (C=O) groups is 1. The molecule has 15 heavy (non-hydrogen) atoms. The lowest BCUT2D eigenvalue weighted by Gasteiger charge is -2.19. The number of nitrogens with one attached hydrogen (secondary N) is 1. The highest BCUT2D eigenvalue weighted by atomic mass is 32.2. The third kappa shape index (κ3) is 1.36. The molecule has 2 heterocycles. The third-order valence-corrected chi connectivity index (χ3v) is 6.80. The van der Waals surface area contributed by atoms with Crippen molar-refractivity contribution in [3.8, 4) is 0 Å². The second kappa shape index (κ2) is 3.04. The molecule has 0 aliphatic carbocycles. The van der Waals surface area contributed by atoms with Gasteiger partial charge in [0.15, 0.2) is 9.84 Å². The Balaban J connectivity index is 2.37. The molecule has 4 nitrogen and oxygen atoms in total. The van der Waals surface area contributed by atoms with E-state index in [0.717, 1.165) is 0 Å². The van der Waals surface area contributed by atoms with E-state index in [1.54, 1.807) is 13.8 Å². The predicted molar refractivity (Wildman–Crippen MR) is 57.4 cm³/mol. The van der Waals surface area contributed by atoms with Crippen LogP contribution in [-0.4, -0.2) is 36.8 Å². The summed E-state index contributed by atoms with van der Waals surface area (Å²) in [6, 6.07) is -0.258. The van der Waals surface area contributed by atoms with E-state index in [9.17, 15) is 13.2 Å². The average Bonchev–Trinajstić information content (AvgIpc) is 2.52. The first-order valence-corrected chi connectivity index (χ1v) is 6.79. The Hall–Kier alpha value is -0.420. The molecule has 0 saturated carbocycles. The maximum absolute atomic E-state index is 12.1. The lowest BCUT2D eigenvalue weighted by Crippen LogP contribution is -2.37. The summed E-state index contributed by atoms with van der Waals surface area (Å²) in [5.74, 6) is 0.0258. The zero-order valence-electron chi connectivity index (χ0n) is 9.28. The minimum atomic E-state index is -3.08. The van der Waals surface area contributed by atoms with Gasteiger partial charge in [-0.3, -0.25) is 4.79 Å². The van der Waals surface area contributed by atoms with Crippen LogP contribution >= 0.6 is 0 Å². The van der Waals surface area contributed by atoms with Crippen molar-refractivity contribution in [1.29, 1.82) is 0 Å². The van der Waals surface area contributed by atoms with E-state index < -0.39 is 14.6 Å². The van der Waals surface area contributed by atoms with Gasteiger partial charge in [-0.2, -0.15) is 0 Å². The van der Waals surface area contributed by atoms with Crippen molar-refractivity contribution < 1.29 is 13.2 Å². The molecule has 0 aromatic carbocycles. The molecule has 1 N–H and O–H groups in total. The first kappa shape index (κ1) is 11.1.